The van der Waals surface area contributed by atoms with E-state index in [0.717, 1.165) is 49.0 Å². The highest BCUT2D eigenvalue weighted by atomic mass is 32.1. The van der Waals surface area contributed by atoms with Crippen molar-refractivity contribution in [3.8, 4) is 16.3 Å². The number of methoxy groups -OCH3 is 1. The van der Waals surface area contributed by atoms with Crippen LogP contribution < -0.4 is 15.4 Å². The Hall–Kier alpha value is -1.96. The lowest BCUT2D eigenvalue weighted by atomic mass is 10.2. The molecule has 1 aromatic heterocycles. The Bertz CT molecular complexity index is 665. The third kappa shape index (κ3) is 4.31. The van der Waals surface area contributed by atoms with Crippen molar-refractivity contribution in [2.45, 2.75) is 0 Å². The number of ether oxygens (including phenoxy) is 1. The number of aromatic nitrogens is 1. The summed E-state index contributed by atoms with van der Waals surface area (Å²) in [6.07, 6.45) is 1.64. The molecule has 1 aliphatic rings. The molecule has 2 heterocycles. The number of piperazine rings is 1. The molecule has 0 spiro atoms. The topological polar surface area (TPSA) is 66.5 Å². The predicted molar refractivity (Wildman–Crippen MR) is 95.7 cm³/mol. The molecular weight excluding hydrogens is 324 g/mol. The van der Waals surface area contributed by atoms with E-state index in [9.17, 15) is 4.79 Å². The van der Waals surface area contributed by atoms with E-state index in [2.05, 4.69) is 20.5 Å². The minimum atomic E-state index is -0.0533. The van der Waals surface area contributed by atoms with Crippen LogP contribution in [0.4, 0.5) is 0 Å². The quantitative estimate of drug-likeness (QED) is 0.829. The van der Waals surface area contributed by atoms with E-state index in [0.29, 0.717) is 11.4 Å². The first kappa shape index (κ1) is 16.9. The van der Waals surface area contributed by atoms with Crippen molar-refractivity contribution in [3.63, 3.8) is 0 Å². The highest BCUT2D eigenvalue weighted by molar-refractivity contribution is 7.16. The van der Waals surface area contributed by atoms with E-state index in [1.165, 1.54) is 11.3 Å². The smallest absolute Gasteiger partial charge is 0.263 e. The van der Waals surface area contributed by atoms with Gasteiger partial charge >= 0.3 is 0 Å². The number of nitrogens with one attached hydrogen (secondary N) is 2. The van der Waals surface area contributed by atoms with Crippen LogP contribution in [0, 0.1) is 0 Å². The zero-order chi connectivity index (χ0) is 16.8. The van der Waals surface area contributed by atoms with Crippen LogP contribution in [0.1, 0.15) is 9.67 Å². The van der Waals surface area contributed by atoms with Gasteiger partial charge in [-0.25, -0.2) is 4.98 Å². The number of hydrogen-bond donors (Lipinski definition) is 2. The average Bonchev–Trinajstić information content (AvgIpc) is 3.13. The minimum Gasteiger partial charge on any atom is -0.497 e. The summed E-state index contributed by atoms with van der Waals surface area (Å²) in [5, 5.41) is 7.14. The number of benzene rings is 1. The van der Waals surface area contributed by atoms with Crippen molar-refractivity contribution in [2.24, 2.45) is 0 Å². The zero-order valence-corrected chi connectivity index (χ0v) is 14.6. The Morgan fingerprint density at radius 2 is 2.08 bits per heavy atom. The Morgan fingerprint density at radius 3 is 2.79 bits per heavy atom. The molecule has 1 saturated heterocycles. The van der Waals surface area contributed by atoms with E-state index in [1.54, 1.807) is 13.3 Å². The van der Waals surface area contributed by atoms with Gasteiger partial charge in [0.05, 0.1) is 13.3 Å². The van der Waals surface area contributed by atoms with Gasteiger partial charge in [0.1, 0.15) is 15.6 Å². The van der Waals surface area contributed by atoms with Gasteiger partial charge in [-0.05, 0) is 24.3 Å². The fraction of sp³-hybridized carbons (Fsp3) is 0.412. The number of carbonyl (C=O) groups excluding carboxylic acids is 1. The normalized spacial score (nSPS) is 15.2. The van der Waals surface area contributed by atoms with Gasteiger partial charge in [0.15, 0.2) is 0 Å². The van der Waals surface area contributed by atoms with Gasteiger partial charge in [0.2, 0.25) is 0 Å². The second kappa shape index (κ2) is 8.23. The third-order valence-electron chi connectivity index (χ3n) is 3.99. The number of thiazole rings is 1. The van der Waals surface area contributed by atoms with E-state index >= 15 is 0 Å². The molecule has 6 nitrogen and oxygen atoms in total. The largest absolute Gasteiger partial charge is 0.497 e. The van der Waals surface area contributed by atoms with E-state index in [-0.39, 0.29) is 5.91 Å². The van der Waals surface area contributed by atoms with Gasteiger partial charge in [-0.2, -0.15) is 0 Å². The highest BCUT2D eigenvalue weighted by Gasteiger charge is 2.13. The van der Waals surface area contributed by atoms with Gasteiger partial charge in [-0.1, -0.05) is 0 Å². The number of amides is 1. The van der Waals surface area contributed by atoms with Crippen LogP contribution >= 0.6 is 11.3 Å². The fourth-order valence-corrected chi connectivity index (χ4v) is 3.43. The summed E-state index contributed by atoms with van der Waals surface area (Å²) in [4.78, 5) is 19.6. The van der Waals surface area contributed by atoms with Crippen molar-refractivity contribution in [1.29, 1.82) is 0 Å². The summed E-state index contributed by atoms with van der Waals surface area (Å²) in [6, 6.07) is 7.68. The molecule has 0 atom stereocenters. The molecule has 2 aromatic rings. The standard InChI is InChI=1S/C17H22N4O2S/c1-23-14-4-2-13(3-5-14)17-20-12-15(24-17)16(22)19-8-11-21-9-6-18-7-10-21/h2-5,12,18H,6-11H2,1H3,(H,19,22). The van der Waals surface area contributed by atoms with Crippen LogP contribution in [0.15, 0.2) is 30.5 Å². The van der Waals surface area contributed by atoms with Crippen LogP contribution in [0.5, 0.6) is 5.75 Å². The van der Waals surface area contributed by atoms with Gasteiger partial charge in [0, 0.05) is 44.8 Å². The van der Waals surface area contributed by atoms with Crippen molar-refractivity contribution >= 4 is 17.2 Å². The lowest BCUT2D eigenvalue weighted by Gasteiger charge is -2.26. The van der Waals surface area contributed by atoms with Crippen molar-refractivity contribution < 1.29 is 9.53 Å². The molecule has 1 amide bonds. The summed E-state index contributed by atoms with van der Waals surface area (Å²) in [5.74, 6) is 0.753. The van der Waals surface area contributed by atoms with Crippen LogP contribution in [-0.4, -0.2) is 62.2 Å². The molecule has 1 aliphatic heterocycles. The van der Waals surface area contributed by atoms with Crippen LogP contribution in [0.3, 0.4) is 0 Å². The van der Waals surface area contributed by atoms with Crippen molar-refractivity contribution in [1.82, 2.24) is 20.5 Å². The summed E-state index contributed by atoms with van der Waals surface area (Å²) < 4.78 is 5.15. The Balaban J connectivity index is 1.53. The third-order valence-corrected chi connectivity index (χ3v) is 5.03. The number of hydrogen-bond acceptors (Lipinski definition) is 6. The molecule has 24 heavy (non-hydrogen) atoms. The lowest BCUT2D eigenvalue weighted by Crippen LogP contribution is -2.46. The summed E-state index contributed by atoms with van der Waals surface area (Å²) in [7, 11) is 1.64. The first-order valence-corrected chi connectivity index (χ1v) is 8.89. The molecule has 1 fully saturated rings. The molecule has 0 radical (unpaired) electrons. The van der Waals surface area contributed by atoms with Gasteiger partial charge in [-0.3, -0.25) is 9.69 Å². The number of nitrogens with zero attached hydrogens (tertiary/aromatic N) is 2. The molecule has 7 heteroatoms. The maximum Gasteiger partial charge on any atom is 0.263 e. The molecule has 3 rings (SSSR count). The lowest BCUT2D eigenvalue weighted by molar-refractivity contribution is 0.0951. The van der Waals surface area contributed by atoms with Gasteiger partial charge < -0.3 is 15.4 Å². The van der Waals surface area contributed by atoms with Crippen molar-refractivity contribution in [3.05, 3.63) is 35.3 Å². The molecule has 0 bridgehead atoms. The molecule has 0 saturated carbocycles. The maximum absolute atomic E-state index is 12.2. The molecule has 128 valence electrons. The Kier molecular flexibility index (Phi) is 5.79. The van der Waals surface area contributed by atoms with Crippen LogP contribution in [0.25, 0.3) is 10.6 Å². The predicted octanol–water partition coefficient (Wildman–Crippen LogP) is 1.45. The van der Waals surface area contributed by atoms with Crippen LogP contribution in [0.2, 0.25) is 0 Å². The number of rotatable bonds is 6. The maximum atomic E-state index is 12.2. The molecule has 2 N–H and O–H groups in total. The van der Waals surface area contributed by atoms with Gasteiger partial charge in [0.25, 0.3) is 5.91 Å². The molecule has 1 aromatic carbocycles. The first-order valence-electron chi connectivity index (χ1n) is 8.08. The molecule has 0 aliphatic carbocycles. The summed E-state index contributed by atoms with van der Waals surface area (Å²) in [6.45, 7) is 5.67. The van der Waals surface area contributed by atoms with E-state index < -0.39 is 0 Å². The zero-order valence-electron chi connectivity index (χ0n) is 13.7. The Morgan fingerprint density at radius 1 is 1.33 bits per heavy atom. The minimum absolute atomic E-state index is 0.0533. The SMILES string of the molecule is COc1ccc(-c2ncc(C(=O)NCCN3CCNCC3)s2)cc1. The van der Waals surface area contributed by atoms with E-state index in [4.69, 9.17) is 4.74 Å². The second-order valence-corrected chi connectivity index (χ2v) is 6.64. The first-order chi connectivity index (χ1) is 11.8. The number of carbonyl (C=O) groups is 1. The Labute approximate surface area is 145 Å². The monoisotopic (exact) mass is 346 g/mol. The van der Waals surface area contributed by atoms with Crippen LogP contribution in [-0.2, 0) is 0 Å². The highest BCUT2D eigenvalue weighted by Crippen LogP contribution is 2.26. The van der Waals surface area contributed by atoms with Crippen molar-refractivity contribution in [2.75, 3.05) is 46.4 Å². The summed E-state index contributed by atoms with van der Waals surface area (Å²) >= 11 is 1.41. The fourth-order valence-electron chi connectivity index (χ4n) is 2.60. The van der Waals surface area contributed by atoms with Gasteiger partial charge in [-0.15, -0.1) is 11.3 Å². The average molecular weight is 346 g/mol. The second-order valence-electron chi connectivity index (χ2n) is 5.61. The van der Waals surface area contributed by atoms with E-state index in [1.807, 2.05) is 24.3 Å². The molecular formula is C17H22N4O2S. The summed E-state index contributed by atoms with van der Waals surface area (Å²) in [5.41, 5.74) is 0.987. The molecule has 0 unspecified atom stereocenters.